The monoisotopic (exact) mass is 257 g/mol. The van der Waals surface area contributed by atoms with Crippen LogP contribution in [0.1, 0.15) is 54.9 Å². The van der Waals surface area contributed by atoms with Crippen LogP contribution in [0.2, 0.25) is 0 Å². The average molecular weight is 257 g/mol. The average Bonchev–Trinajstić information content (AvgIpc) is 2.21. The number of carbonyl (C=O) groups is 2. The summed E-state index contributed by atoms with van der Waals surface area (Å²) in [6, 6.07) is -0.468. The standard InChI is InChI=1S/C14H27NO3/c1-8-10(4)11(12(16)9(2)3)15-13(17)18-14(5,6)7/h9-11H,8H2,1-7H3,(H,15,17)/t10-,11?/m1/s1. The van der Waals surface area contributed by atoms with Crippen LogP contribution in [0, 0.1) is 11.8 Å². The summed E-state index contributed by atoms with van der Waals surface area (Å²) in [5.41, 5.74) is -0.551. The SMILES string of the molecule is CC[C@@H](C)C(NC(=O)OC(C)(C)C)C(=O)C(C)C. The van der Waals surface area contributed by atoms with Crippen LogP contribution in [-0.2, 0) is 9.53 Å². The van der Waals surface area contributed by atoms with E-state index in [1.807, 2.05) is 27.7 Å². The summed E-state index contributed by atoms with van der Waals surface area (Å²) >= 11 is 0. The number of hydrogen-bond acceptors (Lipinski definition) is 3. The Balaban J connectivity index is 4.71. The molecule has 0 radical (unpaired) electrons. The first-order valence-electron chi connectivity index (χ1n) is 6.61. The van der Waals surface area contributed by atoms with Gasteiger partial charge in [0.25, 0.3) is 0 Å². The zero-order valence-corrected chi connectivity index (χ0v) is 12.7. The maximum Gasteiger partial charge on any atom is 0.408 e. The minimum atomic E-state index is -0.551. The molecule has 0 heterocycles. The van der Waals surface area contributed by atoms with Gasteiger partial charge in [-0.1, -0.05) is 34.1 Å². The van der Waals surface area contributed by atoms with Crippen LogP contribution in [0.3, 0.4) is 0 Å². The molecule has 2 atom stereocenters. The van der Waals surface area contributed by atoms with E-state index in [4.69, 9.17) is 4.74 Å². The van der Waals surface area contributed by atoms with Gasteiger partial charge in [0.2, 0.25) is 0 Å². The predicted octanol–water partition coefficient (Wildman–Crippen LogP) is 3.15. The van der Waals surface area contributed by atoms with Crippen LogP contribution in [0.5, 0.6) is 0 Å². The molecule has 0 aliphatic heterocycles. The van der Waals surface area contributed by atoms with Crippen LogP contribution in [0.25, 0.3) is 0 Å². The third-order valence-electron chi connectivity index (χ3n) is 2.76. The molecule has 4 nitrogen and oxygen atoms in total. The lowest BCUT2D eigenvalue weighted by Gasteiger charge is -2.27. The molecule has 0 saturated carbocycles. The highest BCUT2D eigenvalue weighted by molar-refractivity contribution is 5.89. The van der Waals surface area contributed by atoms with Gasteiger partial charge >= 0.3 is 6.09 Å². The lowest BCUT2D eigenvalue weighted by molar-refractivity contribution is -0.125. The van der Waals surface area contributed by atoms with Gasteiger partial charge in [0, 0.05) is 5.92 Å². The summed E-state index contributed by atoms with van der Waals surface area (Å²) in [5, 5.41) is 2.69. The number of carbonyl (C=O) groups excluding carboxylic acids is 2. The summed E-state index contributed by atoms with van der Waals surface area (Å²) in [6.07, 6.45) is 0.306. The highest BCUT2D eigenvalue weighted by Gasteiger charge is 2.29. The Morgan fingerprint density at radius 2 is 1.67 bits per heavy atom. The number of nitrogens with one attached hydrogen (secondary N) is 1. The number of ketones is 1. The van der Waals surface area contributed by atoms with Gasteiger partial charge in [-0.3, -0.25) is 4.79 Å². The third-order valence-corrected chi connectivity index (χ3v) is 2.76. The van der Waals surface area contributed by atoms with Gasteiger partial charge in [0.15, 0.2) is 5.78 Å². The summed E-state index contributed by atoms with van der Waals surface area (Å²) in [6.45, 7) is 13.0. The van der Waals surface area contributed by atoms with Crippen molar-refractivity contribution < 1.29 is 14.3 Å². The first kappa shape index (κ1) is 16.9. The molecular formula is C14H27NO3. The van der Waals surface area contributed by atoms with Crippen molar-refractivity contribution >= 4 is 11.9 Å². The highest BCUT2D eigenvalue weighted by atomic mass is 16.6. The van der Waals surface area contributed by atoms with E-state index in [0.29, 0.717) is 0 Å². The number of rotatable bonds is 5. The van der Waals surface area contributed by atoms with Crippen molar-refractivity contribution in [3.05, 3.63) is 0 Å². The Bertz CT molecular complexity index is 292. The Morgan fingerprint density at radius 3 is 2.00 bits per heavy atom. The van der Waals surface area contributed by atoms with Crippen LogP contribution < -0.4 is 5.32 Å². The normalized spacial score (nSPS) is 15.1. The van der Waals surface area contributed by atoms with Gasteiger partial charge in [-0.15, -0.1) is 0 Å². The fraction of sp³-hybridized carbons (Fsp3) is 0.857. The van der Waals surface area contributed by atoms with E-state index in [-0.39, 0.29) is 17.6 Å². The van der Waals surface area contributed by atoms with Crippen molar-refractivity contribution in [1.82, 2.24) is 5.32 Å². The minimum absolute atomic E-state index is 0.0511. The molecule has 0 bridgehead atoms. The Hall–Kier alpha value is -1.06. The molecular weight excluding hydrogens is 230 g/mol. The van der Waals surface area contributed by atoms with E-state index in [0.717, 1.165) is 6.42 Å². The molecule has 0 rings (SSSR count). The van der Waals surface area contributed by atoms with Crippen LogP contribution >= 0.6 is 0 Å². The van der Waals surface area contributed by atoms with Gasteiger partial charge in [0.1, 0.15) is 5.60 Å². The molecule has 0 aromatic carbocycles. The summed E-state index contributed by atoms with van der Waals surface area (Å²) < 4.78 is 5.19. The van der Waals surface area contributed by atoms with Crippen molar-refractivity contribution in [1.29, 1.82) is 0 Å². The Morgan fingerprint density at radius 1 is 1.17 bits per heavy atom. The number of ether oxygens (including phenoxy) is 1. The van der Waals surface area contributed by atoms with E-state index in [9.17, 15) is 9.59 Å². The second-order valence-electron chi connectivity index (χ2n) is 6.07. The Labute approximate surface area is 110 Å². The fourth-order valence-electron chi connectivity index (χ4n) is 1.52. The molecule has 0 aliphatic rings. The molecule has 0 fully saturated rings. The molecule has 1 N–H and O–H groups in total. The zero-order chi connectivity index (χ0) is 14.5. The van der Waals surface area contributed by atoms with Gasteiger partial charge in [-0.25, -0.2) is 4.79 Å². The van der Waals surface area contributed by atoms with Gasteiger partial charge < -0.3 is 10.1 Å². The molecule has 0 aliphatic carbocycles. The zero-order valence-electron chi connectivity index (χ0n) is 12.7. The van der Waals surface area contributed by atoms with Crippen molar-refractivity contribution in [2.75, 3.05) is 0 Å². The topological polar surface area (TPSA) is 55.4 Å². The largest absolute Gasteiger partial charge is 0.444 e. The van der Waals surface area contributed by atoms with Crippen LogP contribution in [-0.4, -0.2) is 23.5 Å². The molecule has 1 amide bonds. The van der Waals surface area contributed by atoms with Crippen molar-refractivity contribution in [2.24, 2.45) is 11.8 Å². The van der Waals surface area contributed by atoms with E-state index in [2.05, 4.69) is 5.32 Å². The fourth-order valence-corrected chi connectivity index (χ4v) is 1.52. The lowest BCUT2D eigenvalue weighted by Crippen LogP contribution is -2.48. The molecule has 0 aromatic heterocycles. The molecule has 0 spiro atoms. The second-order valence-corrected chi connectivity index (χ2v) is 6.07. The smallest absolute Gasteiger partial charge is 0.408 e. The lowest BCUT2D eigenvalue weighted by atomic mass is 9.90. The van der Waals surface area contributed by atoms with Crippen molar-refractivity contribution in [3.8, 4) is 0 Å². The number of Topliss-reactive ketones (excluding diaryl/α,β-unsaturated/α-hetero) is 1. The van der Waals surface area contributed by atoms with Crippen LogP contribution in [0.4, 0.5) is 4.79 Å². The van der Waals surface area contributed by atoms with Gasteiger partial charge in [-0.05, 0) is 26.7 Å². The third kappa shape index (κ3) is 6.03. The summed E-state index contributed by atoms with van der Waals surface area (Å²) in [4.78, 5) is 23.8. The van der Waals surface area contributed by atoms with Crippen molar-refractivity contribution in [2.45, 2.75) is 66.5 Å². The molecule has 106 valence electrons. The second kappa shape index (κ2) is 6.76. The van der Waals surface area contributed by atoms with E-state index < -0.39 is 17.7 Å². The number of hydrogen-bond donors (Lipinski definition) is 1. The molecule has 18 heavy (non-hydrogen) atoms. The molecule has 0 saturated heterocycles. The first-order chi connectivity index (χ1) is 8.08. The molecule has 4 heteroatoms. The van der Waals surface area contributed by atoms with E-state index in [1.54, 1.807) is 20.8 Å². The summed E-state index contributed by atoms with van der Waals surface area (Å²) in [7, 11) is 0. The Kier molecular flexibility index (Phi) is 6.36. The number of alkyl carbamates (subject to hydrolysis) is 1. The van der Waals surface area contributed by atoms with Gasteiger partial charge in [0.05, 0.1) is 6.04 Å². The van der Waals surface area contributed by atoms with Gasteiger partial charge in [-0.2, -0.15) is 0 Å². The van der Waals surface area contributed by atoms with Crippen LogP contribution in [0.15, 0.2) is 0 Å². The molecule has 0 aromatic rings. The minimum Gasteiger partial charge on any atom is -0.444 e. The maximum atomic E-state index is 12.1. The number of amides is 1. The maximum absolute atomic E-state index is 12.1. The molecule has 1 unspecified atom stereocenters. The first-order valence-corrected chi connectivity index (χ1v) is 6.61. The predicted molar refractivity (Wildman–Crippen MR) is 72.5 cm³/mol. The van der Waals surface area contributed by atoms with Crippen molar-refractivity contribution in [3.63, 3.8) is 0 Å². The van der Waals surface area contributed by atoms with E-state index in [1.165, 1.54) is 0 Å². The highest BCUT2D eigenvalue weighted by Crippen LogP contribution is 2.14. The summed E-state index contributed by atoms with van der Waals surface area (Å²) in [5.74, 6) is 0.0570. The van der Waals surface area contributed by atoms with E-state index >= 15 is 0 Å². The quantitative estimate of drug-likeness (QED) is 0.823.